The number of carbonyl (C=O) groups excluding carboxylic acids is 1. The monoisotopic (exact) mass is 186 g/mol. The van der Waals surface area contributed by atoms with Gasteiger partial charge in [0.05, 0.1) is 0 Å². The van der Waals surface area contributed by atoms with Crippen molar-refractivity contribution in [2.24, 2.45) is 11.1 Å². The molecular formula is C10H22N2O. The zero-order valence-corrected chi connectivity index (χ0v) is 9.26. The summed E-state index contributed by atoms with van der Waals surface area (Å²) in [5, 5.41) is 0. The predicted molar refractivity (Wildman–Crippen MR) is 55.4 cm³/mol. The molecule has 0 fully saturated rings. The van der Waals surface area contributed by atoms with Gasteiger partial charge in [-0.05, 0) is 39.9 Å². The van der Waals surface area contributed by atoms with Crippen LogP contribution in [0.15, 0.2) is 0 Å². The molecule has 0 aliphatic carbocycles. The van der Waals surface area contributed by atoms with Crippen molar-refractivity contribution < 1.29 is 4.79 Å². The van der Waals surface area contributed by atoms with E-state index >= 15 is 0 Å². The lowest BCUT2D eigenvalue weighted by molar-refractivity contribution is -0.128. The van der Waals surface area contributed by atoms with Crippen LogP contribution in [0, 0.1) is 5.41 Å². The number of primary amides is 1. The van der Waals surface area contributed by atoms with E-state index in [4.69, 9.17) is 5.73 Å². The average molecular weight is 186 g/mol. The van der Waals surface area contributed by atoms with Crippen molar-refractivity contribution in [3.63, 3.8) is 0 Å². The molecule has 0 aromatic rings. The van der Waals surface area contributed by atoms with Crippen LogP contribution in [0.2, 0.25) is 0 Å². The highest BCUT2D eigenvalue weighted by molar-refractivity contribution is 5.80. The summed E-state index contributed by atoms with van der Waals surface area (Å²) in [6, 6.07) is 0. The number of nitrogens with two attached hydrogens (primary N) is 1. The van der Waals surface area contributed by atoms with E-state index in [2.05, 4.69) is 4.90 Å². The SMILES string of the molecule is CCC(CC)(CCN(C)C)C(N)=O. The van der Waals surface area contributed by atoms with E-state index < -0.39 is 0 Å². The third-order valence-corrected chi connectivity index (χ3v) is 2.91. The van der Waals surface area contributed by atoms with E-state index in [1.165, 1.54) is 0 Å². The van der Waals surface area contributed by atoms with Crippen molar-refractivity contribution in [1.82, 2.24) is 4.90 Å². The normalized spacial score (nSPS) is 12.1. The molecule has 3 heteroatoms. The fourth-order valence-electron chi connectivity index (χ4n) is 1.51. The Hall–Kier alpha value is -0.570. The van der Waals surface area contributed by atoms with Crippen LogP contribution in [0.1, 0.15) is 33.1 Å². The molecule has 13 heavy (non-hydrogen) atoms. The molecule has 0 saturated heterocycles. The zero-order chi connectivity index (χ0) is 10.5. The highest BCUT2D eigenvalue weighted by Crippen LogP contribution is 2.29. The Kier molecular flexibility index (Phi) is 4.99. The quantitative estimate of drug-likeness (QED) is 0.678. The highest BCUT2D eigenvalue weighted by Gasteiger charge is 2.32. The van der Waals surface area contributed by atoms with Crippen molar-refractivity contribution in [2.45, 2.75) is 33.1 Å². The van der Waals surface area contributed by atoms with Crippen molar-refractivity contribution in [3.05, 3.63) is 0 Å². The molecule has 0 rings (SSSR count). The van der Waals surface area contributed by atoms with Crippen LogP contribution in [0.3, 0.4) is 0 Å². The Morgan fingerprint density at radius 1 is 1.31 bits per heavy atom. The molecule has 1 amide bonds. The van der Waals surface area contributed by atoms with Gasteiger partial charge in [-0.25, -0.2) is 0 Å². The largest absolute Gasteiger partial charge is 0.369 e. The maximum absolute atomic E-state index is 11.3. The summed E-state index contributed by atoms with van der Waals surface area (Å²) in [6.07, 6.45) is 2.54. The molecular weight excluding hydrogens is 164 g/mol. The van der Waals surface area contributed by atoms with Crippen LogP contribution >= 0.6 is 0 Å². The van der Waals surface area contributed by atoms with E-state index in [1.807, 2.05) is 27.9 Å². The number of hydrogen-bond acceptors (Lipinski definition) is 2. The Morgan fingerprint density at radius 2 is 1.77 bits per heavy atom. The number of rotatable bonds is 6. The van der Waals surface area contributed by atoms with Crippen molar-refractivity contribution in [3.8, 4) is 0 Å². The van der Waals surface area contributed by atoms with Gasteiger partial charge in [0.15, 0.2) is 0 Å². The molecule has 2 N–H and O–H groups in total. The van der Waals surface area contributed by atoms with Gasteiger partial charge in [0.25, 0.3) is 0 Å². The van der Waals surface area contributed by atoms with Gasteiger partial charge in [-0.1, -0.05) is 13.8 Å². The van der Waals surface area contributed by atoms with Gasteiger partial charge in [0.1, 0.15) is 0 Å². The minimum absolute atomic E-state index is 0.153. The molecule has 0 saturated carbocycles. The van der Waals surface area contributed by atoms with Crippen molar-refractivity contribution in [2.75, 3.05) is 20.6 Å². The average Bonchev–Trinajstić information content (AvgIpc) is 2.06. The van der Waals surface area contributed by atoms with Gasteiger partial charge in [-0.3, -0.25) is 4.79 Å². The first-order chi connectivity index (χ1) is 5.98. The lowest BCUT2D eigenvalue weighted by Crippen LogP contribution is -2.38. The molecule has 0 radical (unpaired) electrons. The molecule has 78 valence electrons. The molecule has 0 bridgehead atoms. The summed E-state index contributed by atoms with van der Waals surface area (Å²) in [5.41, 5.74) is 5.13. The first-order valence-corrected chi connectivity index (χ1v) is 4.93. The second-order valence-corrected chi connectivity index (χ2v) is 3.90. The van der Waals surface area contributed by atoms with Crippen LogP contribution in [0.25, 0.3) is 0 Å². The van der Waals surface area contributed by atoms with Gasteiger partial charge in [0, 0.05) is 5.41 Å². The van der Waals surface area contributed by atoms with E-state index in [-0.39, 0.29) is 11.3 Å². The molecule has 0 aromatic heterocycles. The summed E-state index contributed by atoms with van der Waals surface area (Å²) in [7, 11) is 4.02. The molecule has 0 aliphatic rings. The Labute approximate surface area is 81.3 Å². The Balaban J connectivity index is 4.31. The molecule has 0 spiro atoms. The van der Waals surface area contributed by atoms with E-state index in [0.717, 1.165) is 25.8 Å². The highest BCUT2D eigenvalue weighted by atomic mass is 16.1. The Bertz CT molecular complexity index is 162. The topological polar surface area (TPSA) is 46.3 Å². The summed E-state index contributed by atoms with van der Waals surface area (Å²) in [4.78, 5) is 13.4. The minimum atomic E-state index is -0.287. The van der Waals surface area contributed by atoms with Crippen LogP contribution in [-0.4, -0.2) is 31.4 Å². The lowest BCUT2D eigenvalue weighted by Gasteiger charge is -2.29. The first kappa shape index (κ1) is 12.4. The summed E-state index contributed by atoms with van der Waals surface area (Å²) in [5.74, 6) is -0.153. The van der Waals surface area contributed by atoms with Gasteiger partial charge in [0.2, 0.25) is 5.91 Å². The molecule has 3 nitrogen and oxygen atoms in total. The van der Waals surface area contributed by atoms with E-state index in [1.54, 1.807) is 0 Å². The maximum atomic E-state index is 11.3. The predicted octanol–water partition coefficient (Wildman–Crippen LogP) is 1.23. The molecule has 0 unspecified atom stereocenters. The molecule has 0 aromatic carbocycles. The second-order valence-electron chi connectivity index (χ2n) is 3.90. The molecule has 0 aliphatic heterocycles. The number of amides is 1. The van der Waals surface area contributed by atoms with Crippen molar-refractivity contribution >= 4 is 5.91 Å². The van der Waals surface area contributed by atoms with Crippen molar-refractivity contribution in [1.29, 1.82) is 0 Å². The molecule has 0 heterocycles. The molecule has 0 atom stereocenters. The third kappa shape index (κ3) is 3.35. The number of hydrogen-bond donors (Lipinski definition) is 1. The van der Waals surface area contributed by atoms with Crippen LogP contribution in [-0.2, 0) is 4.79 Å². The summed E-state index contributed by atoms with van der Waals surface area (Å²) >= 11 is 0. The maximum Gasteiger partial charge on any atom is 0.223 e. The third-order valence-electron chi connectivity index (χ3n) is 2.91. The smallest absolute Gasteiger partial charge is 0.223 e. The lowest BCUT2D eigenvalue weighted by atomic mass is 9.78. The fraction of sp³-hybridized carbons (Fsp3) is 0.900. The van der Waals surface area contributed by atoms with Gasteiger partial charge >= 0.3 is 0 Å². The zero-order valence-electron chi connectivity index (χ0n) is 9.26. The van der Waals surface area contributed by atoms with Gasteiger partial charge in [-0.2, -0.15) is 0 Å². The standard InChI is InChI=1S/C10H22N2O/c1-5-10(6-2,9(11)13)7-8-12(3)4/h5-8H2,1-4H3,(H2,11,13). The van der Waals surface area contributed by atoms with E-state index in [9.17, 15) is 4.79 Å². The van der Waals surface area contributed by atoms with Crippen LogP contribution < -0.4 is 5.73 Å². The van der Waals surface area contributed by atoms with Crippen LogP contribution in [0.4, 0.5) is 0 Å². The Morgan fingerprint density at radius 3 is 2.00 bits per heavy atom. The first-order valence-electron chi connectivity index (χ1n) is 4.93. The number of carbonyl (C=O) groups is 1. The number of nitrogens with zero attached hydrogens (tertiary/aromatic N) is 1. The van der Waals surface area contributed by atoms with Gasteiger partial charge < -0.3 is 10.6 Å². The van der Waals surface area contributed by atoms with Crippen LogP contribution in [0.5, 0.6) is 0 Å². The summed E-state index contributed by atoms with van der Waals surface area (Å²) < 4.78 is 0. The van der Waals surface area contributed by atoms with E-state index in [0.29, 0.717) is 0 Å². The summed E-state index contributed by atoms with van der Waals surface area (Å²) in [6.45, 7) is 4.98. The fourth-order valence-corrected chi connectivity index (χ4v) is 1.51. The minimum Gasteiger partial charge on any atom is -0.369 e. The van der Waals surface area contributed by atoms with Gasteiger partial charge in [-0.15, -0.1) is 0 Å². The second kappa shape index (κ2) is 5.22.